The number of aromatic nitrogens is 2. The van der Waals surface area contributed by atoms with E-state index in [4.69, 9.17) is 0 Å². The molecule has 0 atom stereocenters. The zero-order valence-electron chi connectivity index (χ0n) is 13.8. The van der Waals surface area contributed by atoms with Crippen molar-refractivity contribution >= 4 is 11.6 Å². The van der Waals surface area contributed by atoms with Crippen LogP contribution in [0.4, 0.5) is 5.69 Å². The van der Waals surface area contributed by atoms with Crippen LogP contribution in [0, 0.1) is 13.8 Å². The van der Waals surface area contributed by atoms with Crippen molar-refractivity contribution in [3.63, 3.8) is 0 Å². The predicted octanol–water partition coefficient (Wildman–Crippen LogP) is 3.94. The first kappa shape index (κ1) is 15.9. The molecular weight excluding hydrogens is 298 g/mol. The number of nitrogens with one attached hydrogen (secondary N) is 1. The van der Waals surface area contributed by atoms with Crippen LogP contribution in [-0.4, -0.2) is 15.9 Å². The van der Waals surface area contributed by atoms with Crippen molar-refractivity contribution in [3.05, 3.63) is 89.0 Å². The molecule has 1 heterocycles. The highest BCUT2D eigenvalue weighted by Crippen LogP contribution is 2.13. The van der Waals surface area contributed by atoms with E-state index in [1.54, 1.807) is 6.20 Å². The highest BCUT2D eigenvalue weighted by Gasteiger charge is 2.12. The number of hydrogen-bond donors (Lipinski definition) is 1. The van der Waals surface area contributed by atoms with Gasteiger partial charge >= 0.3 is 0 Å². The number of carbonyl (C=O) groups is 1. The molecule has 120 valence electrons. The summed E-state index contributed by atoms with van der Waals surface area (Å²) in [5.41, 5.74) is 4.23. The molecule has 0 saturated carbocycles. The molecule has 4 heteroatoms. The fourth-order valence-electron chi connectivity index (χ4n) is 2.44. The summed E-state index contributed by atoms with van der Waals surface area (Å²) >= 11 is 0. The number of nitrogens with zero attached hydrogens (tertiary/aromatic N) is 2. The summed E-state index contributed by atoms with van der Waals surface area (Å²) < 4.78 is 0. The summed E-state index contributed by atoms with van der Waals surface area (Å²) in [5, 5.41) is 2.88. The third-order valence-corrected chi connectivity index (χ3v) is 3.79. The summed E-state index contributed by atoms with van der Waals surface area (Å²) in [6, 6.07) is 17.7. The van der Waals surface area contributed by atoms with Gasteiger partial charge in [-0.1, -0.05) is 48.0 Å². The molecule has 0 fully saturated rings. The lowest BCUT2D eigenvalue weighted by Crippen LogP contribution is -2.15. The molecule has 0 radical (unpaired) electrons. The number of benzene rings is 2. The van der Waals surface area contributed by atoms with E-state index in [1.807, 2.05) is 68.4 Å². The average Bonchev–Trinajstić information content (AvgIpc) is 2.58. The van der Waals surface area contributed by atoms with Crippen LogP contribution in [-0.2, 0) is 6.42 Å². The number of amides is 1. The van der Waals surface area contributed by atoms with Gasteiger partial charge in [0.15, 0.2) is 0 Å². The summed E-state index contributed by atoms with van der Waals surface area (Å²) in [6.45, 7) is 3.84. The zero-order chi connectivity index (χ0) is 16.9. The van der Waals surface area contributed by atoms with Crippen molar-refractivity contribution in [1.29, 1.82) is 0 Å². The van der Waals surface area contributed by atoms with Gasteiger partial charge in [-0.05, 0) is 31.5 Å². The number of aryl methyl sites for hydroxylation is 2. The maximum atomic E-state index is 12.4. The maximum Gasteiger partial charge on any atom is 0.259 e. The Morgan fingerprint density at radius 1 is 1.00 bits per heavy atom. The molecule has 0 aliphatic rings. The number of hydrogen-bond acceptors (Lipinski definition) is 3. The summed E-state index contributed by atoms with van der Waals surface area (Å²) in [7, 11) is 0. The molecule has 0 saturated heterocycles. The molecule has 3 aromatic rings. The molecule has 0 aliphatic heterocycles. The minimum atomic E-state index is -0.192. The fraction of sp³-hybridized carbons (Fsp3) is 0.150. The van der Waals surface area contributed by atoms with Crippen molar-refractivity contribution in [3.8, 4) is 0 Å². The molecule has 1 N–H and O–H groups in total. The Morgan fingerprint density at radius 3 is 2.38 bits per heavy atom. The van der Waals surface area contributed by atoms with Gasteiger partial charge in [0.25, 0.3) is 5.91 Å². The molecule has 3 rings (SSSR count). The number of carbonyl (C=O) groups excluding carboxylic acids is 1. The number of rotatable bonds is 4. The van der Waals surface area contributed by atoms with Crippen LogP contribution >= 0.6 is 0 Å². The molecule has 0 aliphatic carbocycles. The molecule has 0 unspecified atom stereocenters. The standard InChI is InChI=1S/C20H19N3O/c1-14-8-10-17(11-9-14)23-20(24)18-13-21-19(22-15(18)2)12-16-6-4-3-5-7-16/h3-11,13H,12H2,1-2H3,(H,23,24). The second-order valence-corrected chi connectivity index (χ2v) is 5.77. The van der Waals surface area contributed by atoms with Crippen LogP contribution in [0.5, 0.6) is 0 Å². The first-order valence-electron chi connectivity index (χ1n) is 7.86. The van der Waals surface area contributed by atoms with Crippen LogP contribution in [0.25, 0.3) is 0 Å². The highest BCUT2D eigenvalue weighted by molar-refractivity contribution is 6.04. The highest BCUT2D eigenvalue weighted by atomic mass is 16.1. The Kier molecular flexibility index (Phi) is 4.66. The first-order chi connectivity index (χ1) is 11.6. The molecule has 0 bridgehead atoms. The van der Waals surface area contributed by atoms with E-state index < -0.39 is 0 Å². The van der Waals surface area contributed by atoms with Crippen LogP contribution in [0.3, 0.4) is 0 Å². The monoisotopic (exact) mass is 317 g/mol. The van der Waals surface area contributed by atoms with Crippen LogP contribution < -0.4 is 5.32 Å². The smallest absolute Gasteiger partial charge is 0.259 e. The van der Waals surface area contributed by atoms with Crippen molar-refractivity contribution in [2.45, 2.75) is 20.3 Å². The maximum absolute atomic E-state index is 12.4. The van der Waals surface area contributed by atoms with Gasteiger partial charge in [0.05, 0.1) is 11.3 Å². The van der Waals surface area contributed by atoms with Crippen molar-refractivity contribution in [2.24, 2.45) is 0 Å². The second kappa shape index (κ2) is 7.04. The van der Waals surface area contributed by atoms with E-state index in [1.165, 1.54) is 0 Å². The fourth-order valence-corrected chi connectivity index (χ4v) is 2.44. The Morgan fingerprint density at radius 2 is 1.71 bits per heavy atom. The van der Waals surface area contributed by atoms with Gasteiger partial charge in [0.1, 0.15) is 5.82 Å². The Hall–Kier alpha value is -3.01. The van der Waals surface area contributed by atoms with E-state index in [0.717, 1.165) is 16.8 Å². The summed E-state index contributed by atoms with van der Waals surface area (Å²) in [5.74, 6) is 0.521. The van der Waals surface area contributed by atoms with Gasteiger partial charge in [-0.2, -0.15) is 0 Å². The number of anilines is 1. The molecular formula is C20H19N3O. The Bertz CT molecular complexity index is 843. The quantitative estimate of drug-likeness (QED) is 0.793. The summed E-state index contributed by atoms with van der Waals surface area (Å²) in [4.78, 5) is 21.2. The molecule has 0 spiro atoms. The van der Waals surface area contributed by atoms with Crippen molar-refractivity contribution in [2.75, 3.05) is 5.32 Å². The topological polar surface area (TPSA) is 54.9 Å². The third-order valence-electron chi connectivity index (χ3n) is 3.79. The molecule has 1 aromatic heterocycles. The van der Waals surface area contributed by atoms with Gasteiger partial charge in [-0.25, -0.2) is 9.97 Å². The Labute approximate surface area is 141 Å². The first-order valence-corrected chi connectivity index (χ1v) is 7.86. The van der Waals surface area contributed by atoms with E-state index in [2.05, 4.69) is 15.3 Å². The molecule has 24 heavy (non-hydrogen) atoms. The summed E-state index contributed by atoms with van der Waals surface area (Å²) in [6.07, 6.45) is 2.26. The average molecular weight is 317 g/mol. The normalized spacial score (nSPS) is 10.4. The van der Waals surface area contributed by atoms with E-state index in [0.29, 0.717) is 23.5 Å². The lowest BCUT2D eigenvalue weighted by molar-refractivity contribution is 0.102. The SMILES string of the molecule is Cc1ccc(NC(=O)c2cnc(Cc3ccccc3)nc2C)cc1. The largest absolute Gasteiger partial charge is 0.322 e. The van der Waals surface area contributed by atoms with Gasteiger partial charge in [-0.15, -0.1) is 0 Å². The van der Waals surface area contributed by atoms with E-state index in [-0.39, 0.29) is 5.91 Å². The molecule has 1 amide bonds. The van der Waals surface area contributed by atoms with E-state index in [9.17, 15) is 4.79 Å². The van der Waals surface area contributed by atoms with Gasteiger partial charge < -0.3 is 5.32 Å². The lowest BCUT2D eigenvalue weighted by atomic mass is 10.1. The van der Waals surface area contributed by atoms with Crippen molar-refractivity contribution < 1.29 is 4.79 Å². The minimum absolute atomic E-state index is 0.192. The minimum Gasteiger partial charge on any atom is -0.322 e. The zero-order valence-corrected chi connectivity index (χ0v) is 13.8. The van der Waals surface area contributed by atoms with Crippen LogP contribution in [0.15, 0.2) is 60.8 Å². The van der Waals surface area contributed by atoms with Gasteiger partial charge in [-0.3, -0.25) is 4.79 Å². The van der Waals surface area contributed by atoms with Crippen LogP contribution in [0.1, 0.15) is 33.0 Å². The molecule has 2 aromatic carbocycles. The van der Waals surface area contributed by atoms with Gasteiger partial charge in [0, 0.05) is 18.3 Å². The Balaban J connectivity index is 1.74. The van der Waals surface area contributed by atoms with Gasteiger partial charge in [0.2, 0.25) is 0 Å². The third kappa shape index (κ3) is 3.84. The van der Waals surface area contributed by atoms with E-state index >= 15 is 0 Å². The molecule has 4 nitrogen and oxygen atoms in total. The van der Waals surface area contributed by atoms with Crippen molar-refractivity contribution in [1.82, 2.24) is 9.97 Å². The predicted molar refractivity (Wildman–Crippen MR) is 95.1 cm³/mol. The lowest BCUT2D eigenvalue weighted by Gasteiger charge is -2.08. The van der Waals surface area contributed by atoms with Crippen LogP contribution in [0.2, 0.25) is 0 Å². The second-order valence-electron chi connectivity index (χ2n) is 5.77.